The van der Waals surface area contributed by atoms with Gasteiger partial charge in [0.25, 0.3) is 0 Å². The number of pyridine rings is 1. The molecule has 96 valence electrons. The van der Waals surface area contributed by atoms with Gasteiger partial charge in [-0.25, -0.2) is 4.98 Å². The van der Waals surface area contributed by atoms with Gasteiger partial charge in [0.2, 0.25) is 5.88 Å². The van der Waals surface area contributed by atoms with Crippen molar-refractivity contribution in [2.45, 2.75) is 26.3 Å². The first-order chi connectivity index (χ1) is 8.58. The van der Waals surface area contributed by atoms with E-state index in [-0.39, 0.29) is 0 Å². The Morgan fingerprint density at radius 1 is 1.39 bits per heavy atom. The zero-order valence-corrected chi connectivity index (χ0v) is 10.9. The van der Waals surface area contributed by atoms with Crippen molar-refractivity contribution >= 4 is 0 Å². The van der Waals surface area contributed by atoms with Crippen molar-refractivity contribution in [2.75, 3.05) is 0 Å². The molecule has 0 aliphatic carbocycles. The summed E-state index contributed by atoms with van der Waals surface area (Å²) in [5, 5.41) is 4.05. The Morgan fingerprint density at radius 3 is 2.72 bits per heavy atom. The first kappa shape index (κ1) is 12.6. The van der Waals surface area contributed by atoms with Crippen molar-refractivity contribution in [3.05, 3.63) is 35.8 Å². The second-order valence-corrected chi connectivity index (χ2v) is 4.55. The number of aryl methyl sites for hydroxylation is 1. The number of hydrogen-bond acceptors (Lipinski definition) is 4. The zero-order valence-electron chi connectivity index (χ0n) is 10.9. The fraction of sp³-hybridized carbons (Fsp3) is 0.385. The number of aromatic nitrogens is 3. The molecule has 2 N–H and O–H groups in total. The average Bonchev–Trinajstić information content (AvgIpc) is 2.74. The smallest absolute Gasteiger partial charge is 0.219 e. The summed E-state index contributed by atoms with van der Waals surface area (Å²) >= 11 is 0. The van der Waals surface area contributed by atoms with Crippen LogP contribution in [0.3, 0.4) is 0 Å². The van der Waals surface area contributed by atoms with Gasteiger partial charge in [-0.3, -0.25) is 4.68 Å². The highest BCUT2D eigenvalue weighted by Gasteiger charge is 2.08. The molecule has 0 saturated heterocycles. The second-order valence-electron chi connectivity index (χ2n) is 4.55. The molecule has 2 aromatic heterocycles. The monoisotopic (exact) mass is 246 g/mol. The van der Waals surface area contributed by atoms with Crippen LogP contribution in [0.5, 0.6) is 11.6 Å². The van der Waals surface area contributed by atoms with Crippen LogP contribution in [0, 0.1) is 0 Å². The molecule has 0 bridgehead atoms. The largest absolute Gasteiger partial charge is 0.436 e. The summed E-state index contributed by atoms with van der Waals surface area (Å²) in [6.45, 7) is 4.67. The molecule has 0 amide bonds. The quantitative estimate of drug-likeness (QED) is 0.898. The Hall–Kier alpha value is -1.88. The maximum Gasteiger partial charge on any atom is 0.219 e. The molecule has 0 atom stereocenters. The Bertz CT molecular complexity index is 534. The summed E-state index contributed by atoms with van der Waals surface area (Å²) in [6.07, 6.45) is 3.46. The van der Waals surface area contributed by atoms with Crippen molar-refractivity contribution in [3.63, 3.8) is 0 Å². The summed E-state index contributed by atoms with van der Waals surface area (Å²) < 4.78 is 7.37. The summed E-state index contributed by atoms with van der Waals surface area (Å²) in [4.78, 5) is 4.47. The normalized spacial score (nSPS) is 10.9. The fourth-order valence-electron chi connectivity index (χ4n) is 1.62. The van der Waals surface area contributed by atoms with E-state index in [0.29, 0.717) is 24.1 Å². The van der Waals surface area contributed by atoms with Crippen LogP contribution < -0.4 is 10.5 Å². The molecule has 0 radical (unpaired) electrons. The van der Waals surface area contributed by atoms with Crippen LogP contribution in [-0.4, -0.2) is 14.8 Å². The van der Waals surface area contributed by atoms with Crippen molar-refractivity contribution in [1.82, 2.24) is 14.8 Å². The van der Waals surface area contributed by atoms with Gasteiger partial charge >= 0.3 is 0 Å². The third-order valence-electron chi connectivity index (χ3n) is 2.61. The number of hydrogen-bond donors (Lipinski definition) is 1. The first-order valence-electron chi connectivity index (χ1n) is 5.96. The molecule has 2 rings (SSSR count). The average molecular weight is 246 g/mol. The molecule has 2 heterocycles. The van der Waals surface area contributed by atoms with E-state index in [2.05, 4.69) is 23.9 Å². The third kappa shape index (κ3) is 2.87. The predicted molar refractivity (Wildman–Crippen MR) is 69.5 cm³/mol. The minimum absolute atomic E-state index is 0.341. The highest BCUT2D eigenvalue weighted by atomic mass is 16.5. The highest BCUT2D eigenvalue weighted by molar-refractivity contribution is 5.29. The molecule has 0 saturated carbocycles. The molecule has 0 fully saturated rings. The molecule has 2 aromatic rings. The third-order valence-corrected chi connectivity index (χ3v) is 2.61. The second kappa shape index (κ2) is 5.18. The van der Waals surface area contributed by atoms with Crippen LogP contribution >= 0.6 is 0 Å². The number of nitrogens with two attached hydrogens (primary N) is 1. The van der Waals surface area contributed by atoms with E-state index in [1.54, 1.807) is 17.1 Å². The van der Waals surface area contributed by atoms with Crippen molar-refractivity contribution < 1.29 is 4.74 Å². The van der Waals surface area contributed by atoms with Gasteiger partial charge in [-0.05, 0) is 17.5 Å². The predicted octanol–water partition coefficient (Wildman–Crippen LogP) is 2.19. The maximum atomic E-state index is 5.69. The maximum absolute atomic E-state index is 5.69. The van der Waals surface area contributed by atoms with E-state index in [9.17, 15) is 0 Å². The molecule has 0 aliphatic heterocycles. The Labute approximate surface area is 107 Å². The minimum atomic E-state index is 0.341. The van der Waals surface area contributed by atoms with E-state index < -0.39 is 0 Å². The van der Waals surface area contributed by atoms with Gasteiger partial charge in [0.1, 0.15) is 0 Å². The zero-order chi connectivity index (χ0) is 13.1. The number of nitrogens with zero attached hydrogens (tertiary/aromatic N) is 3. The van der Waals surface area contributed by atoms with Gasteiger partial charge in [0.05, 0.1) is 12.4 Å². The van der Waals surface area contributed by atoms with Gasteiger partial charge in [-0.15, -0.1) is 0 Å². The van der Waals surface area contributed by atoms with E-state index >= 15 is 0 Å². The lowest BCUT2D eigenvalue weighted by Gasteiger charge is -2.10. The van der Waals surface area contributed by atoms with E-state index in [1.165, 1.54) is 0 Å². The van der Waals surface area contributed by atoms with Crippen LogP contribution in [0.15, 0.2) is 24.5 Å². The van der Waals surface area contributed by atoms with Crippen LogP contribution in [0.1, 0.15) is 31.0 Å². The molecule has 0 aromatic carbocycles. The summed E-state index contributed by atoms with van der Waals surface area (Å²) in [5.74, 6) is 1.58. The molecule has 18 heavy (non-hydrogen) atoms. The Morgan fingerprint density at radius 2 is 2.17 bits per heavy atom. The van der Waals surface area contributed by atoms with Crippen molar-refractivity contribution in [3.8, 4) is 11.6 Å². The molecular formula is C13H18N4O. The lowest BCUT2D eigenvalue weighted by molar-refractivity contribution is 0.458. The molecule has 0 aliphatic rings. The van der Waals surface area contributed by atoms with Crippen LogP contribution in [0.4, 0.5) is 0 Å². The highest BCUT2D eigenvalue weighted by Crippen LogP contribution is 2.23. The van der Waals surface area contributed by atoms with Gasteiger partial charge < -0.3 is 10.5 Å². The van der Waals surface area contributed by atoms with Crippen LogP contribution in [0.25, 0.3) is 0 Å². The first-order valence-corrected chi connectivity index (χ1v) is 5.96. The van der Waals surface area contributed by atoms with Crippen LogP contribution in [-0.2, 0) is 13.6 Å². The van der Waals surface area contributed by atoms with Gasteiger partial charge in [0, 0.05) is 25.4 Å². The Kier molecular flexibility index (Phi) is 3.62. The van der Waals surface area contributed by atoms with Gasteiger partial charge in [-0.2, -0.15) is 5.10 Å². The summed E-state index contributed by atoms with van der Waals surface area (Å²) in [6, 6.07) is 3.87. The minimum Gasteiger partial charge on any atom is -0.436 e. The standard InChI is InChI=1S/C13H18N4O/c1-9(2)12-4-10(6-14)5-13(16-12)18-11-7-15-17(3)8-11/h4-5,7-9H,6,14H2,1-3H3. The van der Waals surface area contributed by atoms with Crippen LogP contribution in [0.2, 0.25) is 0 Å². The summed E-state index contributed by atoms with van der Waals surface area (Å²) in [7, 11) is 1.84. The molecule has 5 heteroatoms. The lowest BCUT2D eigenvalue weighted by Crippen LogP contribution is -2.02. The van der Waals surface area contributed by atoms with Gasteiger partial charge in [-0.1, -0.05) is 13.8 Å². The SMILES string of the molecule is CC(C)c1cc(CN)cc(Oc2cnn(C)c2)n1. The molecule has 0 spiro atoms. The Balaban J connectivity index is 2.29. The summed E-state index contributed by atoms with van der Waals surface area (Å²) in [5.41, 5.74) is 7.69. The van der Waals surface area contributed by atoms with E-state index in [4.69, 9.17) is 10.5 Å². The fourth-order valence-corrected chi connectivity index (χ4v) is 1.62. The number of rotatable bonds is 4. The molecule has 5 nitrogen and oxygen atoms in total. The van der Waals surface area contributed by atoms with Gasteiger partial charge in [0.15, 0.2) is 5.75 Å². The number of ether oxygens (including phenoxy) is 1. The molecule has 0 unspecified atom stereocenters. The van der Waals surface area contributed by atoms with E-state index in [0.717, 1.165) is 11.3 Å². The van der Waals surface area contributed by atoms with E-state index in [1.807, 2.05) is 19.2 Å². The topological polar surface area (TPSA) is 66.0 Å². The van der Waals surface area contributed by atoms with Crippen molar-refractivity contribution in [1.29, 1.82) is 0 Å². The van der Waals surface area contributed by atoms with Crippen molar-refractivity contribution in [2.24, 2.45) is 12.8 Å². The lowest BCUT2D eigenvalue weighted by atomic mass is 10.1. The molecular weight excluding hydrogens is 228 g/mol.